The summed E-state index contributed by atoms with van der Waals surface area (Å²) >= 11 is 0. The fraction of sp³-hybridized carbons (Fsp3) is 0.261. The van der Waals surface area contributed by atoms with Crippen LogP contribution in [-0.2, 0) is 14.3 Å². The van der Waals surface area contributed by atoms with Crippen molar-refractivity contribution in [3.63, 3.8) is 0 Å². The van der Waals surface area contributed by atoms with Gasteiger partial charge in [0.05, 0.1) is 0 Å². The van der Waals surface area contributed by atoms with Crippen LogP contribution in [0, 0.1) is 5.82 Å². The van der Waals surface area contributed by atoms with Crippen molar-refractivity contribution in [1.29, 1.82) is 0 Å². The molecule has 0 bridgehead atoms. The molecule has 3 N–H and O–H groups in total. The molecule has 2 aromatic rings. The normalized spacial score (nSPS) is 11.1. The minimum Gasteiger partial charge on any atom is -0.444 e. The Morgan fingerprint density at radius 3 is 2.35 bits per heavy atom. The van der Waals surface area contributed by atoms with Crippen molar-refractivity contribution >= 4 is 35.4 Å². The number of rotatable bonds is 7. The van der Waals surface area contributed by atoms with Crippen LogP contribution in [0.3, 0.4) is 0 Å². The minimum atomic E-state index is -0.607. The van der Waals surface area contributed by atoms with Crippen molar-refractivity contribution < 1.29 is 23.5 Å². The Morgan fingerprint density at radius 1 is 1.00 bits per heavy atom. The van der Waals surface area contributed by atoms with Crippen molar-refractivity contribution in [2.45, 2.75) is 32.8 Å². The molecule has 7 nitrogen and oxygen atoms in total. The second kappa shape index (κ2) is 10.9. The smallest absolute Gasteiger partial charge is 0.407 e. The van der Waals surface area contributed by atoms with E-state index in [0.29, 0.717) is 16.9 Å². The lowest BCUT2D eigenvalue weighted by Crippen LogP contribution is -2.34. The topological polar surface area (TPSA) is 96.5 Å². The van der Waals surface area contributed by atoms with Gasteiger partial charge in [0, 0.05) is 30.4 Å². The lowest BCUT2D eigenvalue weighted by molar-refractivity contribution is -0.116. The number of benzene rings is 2. The minimum absolute atomic E-state index is 0.0617. The van der Waals surface area contributed by atoms with E-state index in [1.165, 1.54) is 24.3 Å². The predicted octanol–water partition coefficient (Wildman–Crippen LogP) is 4.33. The highest BCUT2D eigenvalue weighted by atomic mass is 19.1. The van der Waals surface area contributed by atoms with Crippen molar-refractivity contribution in [1.82, 2.24) is 5.32 Å². The van der Waals surface area contributed by atoms with Gasteiger partial charge in [0.25, 0.3) is 0 Å². The van der Waals surface area contributed by atoms with Crippen LogP contribution in [0.15, 0.2) is 54.6 Å². The summed E-state index contributed by atoms with van der Waals surface area (Å²) in [6.45, 7) is 5.38. The number of anilines is 2. The Balaban J connectivity index is 1.82. The molecule has 0 aromatic heterocycles. The van der Waals surface area contributed by atoms with Crippen LogP contribution in [0.5, 0.6) is 0 Å². The molecule has 2 aromatic carbocycles. The number of nitrogens with one attached hydrogen (secondary N) is 3. The maximum absolute atomic E-state index is 13.2. The summed E-state index contributed by atoms with van der Waals surface area (Å²) in [6.07, 6.45) is 2.27. The number of halogens is 1. The largest absolute Gasteiger partial charge is 0.444 e. The lowest BCUT2D eigenvalue weighted by atomic mass is 10.2. The van der Waals surface area contributed by atoms with E-state index >= 15 is 0 Å². The van der Waals surface area contributed by atoms with E-state index < -0.39 is 17.6 Å². The molecule has 31 heavy (non-hydrogen) atoms. The van der Waals surface area contributed by atoms with Crippen LogP contribution in [0.25, 0.3) is 6.08 Å². The molecule has 0 aliphatic rings. The molecule has 3 amide bonds. The molecule has 0 saturated heterocycles. The summed E-state index contributed by atoms with van der Waals surface area (Å²) in [7, 11) is 0. The number of hydrogen-bond acceptors (Lipinski definition) is 4. The van der Waals surface area contributed by atoms with Gasteiger partial charge in [-0.3, -0.25) is 9.59 Å². The van der Waals surface area contributed by atoms with Crippen LogP contribution < -0.4 is 16.0 Å². The van der Waals surface area contributed by atoms with E-state index in [2.05, 4.69) is 16.0 Å². The van der Waals surface area contributed by atoms with E-state index in [-0.39, 0.29) is 24.7 Å². The van der Waals surface area contributed by atoms with Crippen LogP contribution in [0.4, 0.5) is 20.6 Å². The van der Waals surface area contributed by atoms with E-state index in [1.54, 1.807) is 57.2 Å². The molecule has 0 atom stereocenters. The predicted molar refractivity (Wildman–Crippen MR) is 118 cm³/mol. The second-order valence-electron chi connectivity index (χ2n) is 7.69. The zero-order valence-electron chi connectivity index (χ0n) is 17.7. The molecule has 0 radical (unpaired) electrons. The van der Waals surface area contributed by atoms with E-state index in [9.17, 15) is 18.8 Å². The number of hydrogen-bond donors (Lipinski definition) is 3. The third-order valence-electron chi connectivity index (χ3n) is 3.71. The Labute approximate surface area is 180 Å². The highest BCUT2D eigenvalue weighted by Crippen LogP contribution is 2.16. The molecule has 0 heterocycles. The summed E-state index contributed by atoms with van der Waals surface area (Å²) in [4.78, 5) is 35.7. The van der Waals surface area contributed by atoms with Gasteiger partial charge < -0.3 is 20.7 Å². The Kier molecular flexibility index (Phi) is 8.31. The summed E-state index contributed by atoms with van der Waals surface area (Å²) in [5.74, 6) is -1.08. The SMILES string of the molecule is CC(C)(C)OC(=O)NCCC(=O)Nc1cccc(NC(=O)/C=C/c2cccc(F)c2)c1. The van der Waals surface area contributed by atoms with E-state index in [0.717, 1.165) is 0 Å². The number of carbonyl (C=O) groups excluding carboxylic acids is 3. The van der Waals surface area contributed by atoms with Crippen molar-refractivity contribution in [2.24, 2.45) is 0 Å². The van der Waals surface area contributed by atoms with Gasteiger partial charge in [-0.25, -0.2) is 9.18 Å². The summed E-state index contributed by atoms with van der Waals surface area (Å²) in [6, 6.07) is 12.5. The first kappa shape index (κ1) is 23.6. The van der Waals surface area contributed by atoms with Gasteiger partial charge >= 0.3 is 6.09 Å². The molecule has 0 fully saturated rings. The van der Waals surface area contributed by atoms with Crippen LogP contribution in [0.1, 0.15) is 32.8 Å². The van der Waals surface area contributed by atoms with E-state index in [1.807, 2.05) is 0 Å². The molecule has 0 spiro atoms. The Bertz CT molecular complexity index is 967. The number of carbonyl (C=O) groups is 3. The number of amides is 3. The van der Waals surface area contributed by atoms with Gasteiger partial charge in [-0.1, -0.05) is 18.2 Å². The summed E-state index contributed by atoms with van der Waals surface area (Å²) in [5.41, 5.74) is 0.938. The highest BCUT2D eigenvalue weighted by Gasteiger charge is 2.15. The maximum atomic E-state index is 13.2. The summed E-state index contributed by atoms with van der Waals surface area (Å²) in [5, 5.41) is 7.89. The van der Waals surface area contributed by atoms with Crippen LogP contribution in [-0.4, -0.2) is 30.1 Å². The van der Waals surface area contributed by atoms with Crippen molar-refractivity contribution in [2.75, 3.05) is 17.2 Å². The van der Waals surface area contributed by atoms with Gasteiger partial charge in [0.15, 0.2) is 0 Å². The molecule has 2 rings (SSSR count). The van der Waals surface area contributed by atoms with Gasteiger partial charge in [0.1, 0.15) is 11.4 Å². The van der Waals surface area contributed by atoms with Crippen LogP contribution in [0.2, 0.25) is 0 Å². The number of ether oxygens (including phenoxy) is 1. The molecular weight excluding hydrogens is 401 g/mol. The third-order valence-corrected chi connectivity index (χ3v) is 3.71. The molecule has 0 aliphatic carbocycles. The quantitative estimate of drug-likeness (QED) is 0.573. The van der Waals surface area contributed by atoms with Gasteiger partial charge in [-0.05, 0) is 62.7 Å². The molecule has 0 unspecified atom stereocenters. The lowest BCUT2D eigenvalue weighted by Gasteiger charge is -2.19. The molecule has 0 saturated carbocycles. The highest BCUT2D eigenvalue weighted by molar-refractivity contribution is 6.02. The van der Waals surface area contributed by atoms with E-state index in [4.69, 9.17) is 4.74 Å². The van der Waals surface area contributed by atoms with Crippen LogP contribution >= 0.6 is 0 Å². The summed E-state index contributed by atoms with van der Waals surface area (Å²) < 4.78 is 18.3. The third kappa shape index (κ3) is 9.58. The second-order valence-corrected chi connectivity index (χ2v) is 7.69. The first-order valence-electron chi connectivity index (χ1n) is 9.72. The molecule has 164 valence electrons. The zero-order valence-corrected chi connectivity index (χ0v) is 17.7. The van der Waals surface area contributed by atoms with Gasteiger partial charge in [-0.2, -0.15) is 0 Å². The van der Waals surface area contributed by atoms with Gasteiger partial charge in [-0.15, -0.1) is 0 Å². The van der Waals surface area contributed by atoms with Crippen molar-refractivity contribution in [3.8, 4) is 0 Å². The first-order chi connectivity index (χ1) is 14.6. The first-order valence-corrected chi connectivity index (χ1v) is 9.72. The Hall–Kier alpha value is -3.68. The fourth-order valence-electron chi connectivity index (χ4n) is 2.46. The fourth-order valence-corrected chi connectivity index (χ4v) is 2.46. The van der Waals surface area contributed by atoms with Crippen molar-refractivity contribution in [3.05, 3.63) is 66.0 Å². The monoisotopic (exact) mass is 427 g/mol. The molecular formula is C23H26FN3O4. The molecule has 0 aliphatic heterocycles. The number of alkyl carbamates (subject to hydrolysis) is 1. The average molecular weight is 427 g/mol. The molecule has 8 heteroatoms. The average Bonchev–Trinajstić information content (AvgIpc) is 2.65. The standard InChI is InChI=1S/C23H26FN3O4/c1-23(2,3)31-22(30)25-13-12-21(29)27-19-9-5-8-18(15-19)26-20(28)11-10-16-6-4-7-17(24)14-16/h4-11,14-15H,12-13H2,1-3H3,(H,25,30)(H,26,28)(H,27,29)/b11-10+. The zero-order chi connectivity index (χ0) is 22.9. The van der Waals surface area contributed by atoms with Gasteiger partial charge in [0.2, 0.25) is 11.8 Å². The maximum Gasteiger partial charge on any atom is 0.407 e. The Morgan fingerprint density at radius 2 is 1.68 bits per heavy atom.